The topological polar surface area (TPSA) is 54.5 Å². The fourth-order valence-electron chi connectivity index (χ4n) is 1.27. The molecule has 0 saturated heterocycles. The van der Waals surface area contributed by atoms with Crippen LogP contribution in [0.2, 0.25) is 5.02 Å². The van der Waals surface area contributed by atoms with Crippen LogP contribution in [0.3, 0.4) is 0 Å². The van der Waals surface area contributed by atoms with Gasteiger partial charge >= 0.3 is 6.55 Å². The summed E-state index contributed by atoms with van der Waals surface area (Å²) in [6, 6.07) is 6.05. The highest BCUT2D eigenvalue weighted by Gasteiger charge is 2.11. The van der Waals surface area contributed by atoms with Gasteiger partial charge in [0.15, 0.2) is 0 Å². The highest BCUT2D eigenvalue weighted by atomic mass is 35.5. The van der Waals surface area contributed by atoms with E-state index in [1.807, 2.05) is 6.07 Å². The average Bonchev–Trinajstić information content (AvgIpc) is 2.77. The second-order valence-corrected chi connectivity index (χ2v) is 3.56. The zero-order chi connectivity index (χ0) is 12.4. The molecule has 0 unspecified atom stereocenters. The Labute approximate surface area is 100 Å². The Morgan fingerprint density at radius 3 is 2.71 bits per heavy atom. The zero-order valence-electron chi connectivity index (χ0n) is 8.31. The molecule has 0 radical (unpaired) electrons. The fourth-order valence-corrected chi connectivity index (χ4v) is 1.48. The number of alkyl halides is 2. The molecule has 0 aliphatic rings. The van der Waals surface area contributed by atoms with Gasteiger partial charge < -0.3 is 0 Å². The SMILES string of the molecule is N#Cc1cc(Cl)cc(-c2ccn(C(F)F)n2)n1. The summed E-state index contributed by atoms with van der Waals surface area (Å²) in [4.78, 5) is 3.93. The molecule has 0 aliphatic heterocycles. The number of aromatic nitrogens is 3. The summed E-state index contributed by atoms with van der Waals surface area (Å²) < 4.78 is 25.1. The molecule has 2 aromatic rings. The molecular formula is C10H5ClF2N4. The van der Waals surface area contributed by atoms with Gasteiger partial charge in [0.1, 0.15) is 17.5 Å². The molecule has 0 spiro atoms. The first kappa shape index (κ1) is 11.5. The summed E-state index contributed by atoms with van der Waals surface area (Å²) in [7, 11) is 0. The number of rotatable bonds is 2. The highest BCUT2D eigenvalue weighted by Crippen LogP contribution is 2.21. The van der Waals surface area contributed by atoms with E-state index in [0.29, 0.717) is 9.70 Å². The number of halogens is 3. The Bertz CT molecular complexity index is 588. The van der Waals surface area contributed by atoms with Crippen molar-refractivity contribution >= 4 is 11.6 Å². The molecule has 0 saturated carbocycles. The average molecular weight is 255 g/mol. The maximum Gasteiger partial charge on any atom is 0.333 e. The third-order valence-electron chi connectivity index (χ3n) is 1.98. The lowest BCUT2D eigenvalue weighted by Gasteiger charge is -1.99. The van der Waals surface area contributed by atoms with Crippen LogP contribution in [0.1, 0.15) is 12.2 Å². The predicted molar refractivity (Wildman–Crippen MR) is 56.4 cm³/mol. The quantitative estimate of drug-likeness (QED) is 0.828. The van der Waals surface area contributed by atoms with Gasteiger partial charge in [-0.25, -0.2) is 9.67 Å². The van der Waals surface area contributed by atoms with Crippen molar-refractivity contribution in [2.75, 3.05) is 0 Å². The molecule has 0 atom stereocenters. The Morgan fingerprint density at radius 2 is 2.12 bits per heavy atom. The van der Waals surface area contributed by atoms with E-state index in [9.17, 15) is 8.78 Å². The van der Waals surface area contributed by atoms with Gasteiger partial charge in [-0.05, 0) is 18.2 Å². The zero-order valence-corrected chi connectivity index (χ0v) is 9.07. The molecule has 86 valence electrons. The molecular weight excluding hydrogens is 250 g/mol. The summed E-state index contributed by atoms with van der Waals surface area (Å²) in [6.45, 7) is -2.71. The predicted octanol–water partition coefficient (Wildman–Crippen LogP) is 2.87. The largest absolute Gasteiger partial charge is 0.333 e. The standard InChI is InChI=1S/C10H5ClF2N4/c11-6-3-7(5-14)15-9(4-6)8-1-2-17(16-8)10(12)13/h1-4,10H. The van der Waals surface area contributed by atoms with Gasteiger partial charge in [-0.2, -0.15) is 19.1 Å². The van der Waals surface area contributed by atoms with E-state index in [2.05, 4.69) is 10.1 Å². The van der Waals surface area contributed by atoms with E-state index in [1.54, 1.807) is 0 Å². The minimum atomic E-state index is -2.71. The van der Waals surface area contributed by atoms with Crippen LogP contribution in [0.5, 0.6) is 0 Å². The third kappa shape index (κ3) is 2.40. The first-order valence-electron chi connectivity index (χ1n) is 4.51. The molecule has 0 bridgehead atoms. The lowest BCUT2D eigenvalue weighted by atomic mass is 10.2. The summed E-state index contributed by atoms with van der Waals surface area (Å²) in [6.07, 6.45) is 1.13. The number of pyridine rings is 1. The Kier molecular flexibility index (Phi) is 3.02. The van der Waals surface area contributed by atoms with Crippen LogP contribution in [-0.2, 0) is 0 Å². The van der Waals surface area contributed by atoms with E-state index in [-0.39, 0.29) is 17.1 Å². The minimum absolute atomic E-state index is 0.110. The van der Waals surface area contributed by atoms with Gasteiger partial charge in [0.05, 0.1) is 5.69 Å². The van der Waals surface area contributed by atoms with Crippen LogP contribution >= 0.6 is 11.6 Å². The maximum atomic E-state index is 12.3. The van der Waals surface area contributed by atoms with E-state index in [0.717, 1.165) is 6.20 Å². The van der Waals surface area contributed by atoms with Crippen molar-refractivity contribution < 1.29 is 8.78 Å². The van der Waals surface area contributed by atoms with Gasteiger partial charge in [0.25, 0.3) is 0 Å². The van der Waals surface area contributed by atoms with Crippen LogP contribution in [0.15, 0.2) is 24.4 Å². The van der Waals surface area contributed by atoms with Crippen molar-refractivity contribution in [1.82, 2.24) is 14.8 Å². The molecule has 7 heteroatoms. The van der Waals surface area contributed by atoms with E-state index in [4.69, 9.17) is 16.9 Å². The molecule has 0 aliphatic carbocycles. The van der Waals surface area contributed by atoms with E-state index >= 15 is 0 Å². The summed E-state index contributed by atoms with van der Waals surface area (Å²) in [5.74, 6) is 0. The molecule has 2 rings (SSSR count). The lowest BCUT2D eigenvalue weighted by molar-refractivity contribution is 0.0568. The summed E-state index contributed by atoms with van der Waals surface area (Å²) in [5.41, 5.74) is 0.636. The number of hydrogen-bond acceptors (Lipinski definition) is 3. The molecule has 2 aromatic heterocycles. The molecule has 17 heavy (non-hydrogen) atoms. The molecule has 0 N–H and O–H groups in total. The summed E-state index contributed by atoms with van der Waals surface area (Å²) in [5, 5.41) is 12.6. The van der Waals surface area contributed by atoms with Crippen molar-refractivity contribution in [3.63, 3.8) is 0 Å². The van der Waals surface area contributed by atoms with Gasteiger partial charge in [0.2, 0.25) is 0 Å². The molecule has 2 heterocycles. The van der Waals surface area contributed by atoms with E-state index in [1.165, 1.54) is 18.2 Å². The lowest BCUT2D eigenvalue weighted by Crippen LogP contribution is -1.98. The number of nitrogens with zero attached hydrogens (tertiary/aromatic N) is 4. The van der Waals surface area contributed by atoms with Gasteiger partial charge in [-0.1, -0.05) is 11.6 Å². The van der Waals surface area contributed by atoms with E-state index < -0.39 is 6.55 Å². The fraction of sp³-hybridized carbons (Fsp3) is 0.100. The van der Waals surface area contributed by atoms with Crippen molar-refractivity contribution in [2.24, 2.45) is 0 Å². The molecule has 0 aromatic carbocycles. The minimum Gasteiger partial charge on any atom is -0.235 e. The van der Waals surface area contributed by atoms with Gasteiger partial charge in [-0.3, -0.25) is 0 Å². The van der Waals surface area contributed by atoms with Gasteiger partial charge in [-0.15, -0.1) is 0 Å². The maximum absolute atomic E-state index is 12.3. The second-order valence-electron chi connectivity index (χ2n) is 3.13. The number of hydrogen-bond donors (Lipinski definition) is 0. The van der Waals surface area contributed by atoms with Crippen LogP contribution < -0.4 is 0 Å². The highest BCUT2D eigenvalue weighted by molar-refractivity contribution is 6.30. The normalized spacial score (nSPS) is 10.5. The van der Waals surface area contributed by atoms with Crippen LogP contribution in [-0.4, -0.2) is 14.8 Å². The van der Waals surface area contributed by atoms with Gasteiger partial charge in [0, 0.05) is 11.2 Å². The Morgan fingerprint density at radius 1 is 1.35 bits per heavy atom. The monoisotopic (exact) mass is 254 g/mol. The van der Waals surface area contributed by atoms with Crippen molar-refractivity contribution in [2.45, 2.75) is 6.55 Å². The van der Waals surface area contributed by atoms with Crippen LogP contribution in [0.25, 0.3) is 11.4 Å². The summed E-state index contributed by atoms with van der Waals surface area (Å²) >= 11 is 5.77. The molecule has 0 amide bonds. The Hall–Kier alpha value is -2.00. The van der Waals surface area contributed by atoms with Crippen molar-refractivity contribution in [3.05, 3.63) is 35.1 Å². The van der Waals surface area contributed by atoms with Crippen LogP contribution in [0.4, 0.5) is 8.78 Å². The first-order valence-corrected chi connectivity index (χ1v) is 4.89. The molecule has 4 nitrogen and oxygen atoms in total. The molecule has 0 fully saturated rings. The number of nitriles is 1. The Balaban J connectivity index is 2.45. The van der Waals surface area contributed by atoms with Crippen molar-refractivity contribution in [3.8, 4) is 17.5 Å². The van der Waals surface area contributed by atoms with Crippen LogP contribution in [0, 0.1) is 11.3 Å². The smallest absolute Gasteiger partial charge is 0.235 e. The first-order chi connectivity index (χ1) is 8.10. The van der Waals surface area contributed by atoms with Crippen molar-refractivity contribution in [1.29, 1.82) is 5.26 Å². The third-order valence-corrected chi connectivity index (χ3v) is 2.19. The second kappa shape index (κ2) is 4.47.